The second-order valence-corrected chi connectivity index (χ2v) is 10.3. The lowest BCUT2D eigenvalue weighted by Gasteiger charge is -2.26. The number of carbonyl (C=O) groups excluding carboxylic acids is 2. The van der Waals surface area contributed by atoms with Crippen molar-refractivity contribution < 1.29 is 23.8 Å². The van der Waals surface area contributed by atoms with Gasteiger partial charge in [0.25, 0.3) is 11.7 Å². The number of carbonyl (C=O) groups is 2. The van der Waals surface area contributed by atoms with Crippen molar-refractivity contribution >= 4 is 33.8 Å². The molecule has 10 heteroatoms. The van der Waals surface area contributed by atoms with Crippen molar-refractivity contribution in [3.63, 3.8) is 0 Å². The summed E-state index contributed by atoms with van der Waals surface area (Å²) in [7, 11) is 1.41. The summed E-state index contributed by atoms with van der Waals surface area (Å²) in [6, 6.07) is 14.1. The number of nitrogens with zero attached hydrogens (tertiary/aromatic N) is 4. The van der Waals surface area contributed by atoms with Crippen molar-refractivity contribution in [2.45, 2.75) is 26.2 Å². The molecule has 0 atom stereocenters. The molecule has 3 aromatic carbocycles. The maximum atomic E-state index is 13.4. The van der Waals surface area contributed by atoms with Gasteiger partial charge in [0.1, 0.15) is 12.4 Å². The molecule has 1 fully saturated rings. The number of Topliss-reactive ketones (excluding diaryl/α,β-unsaturated/α-hetero) is 1. The number of hydrogen-bond acceptors (Lipinski definition) is 7. The second kappa shape index (κ2) is 12.2. The zero-order valence-electron chi connectivity index (χ0n) is 22.7. The van der Waals surface area contributed by atoms with Crippen LogP contribution in [0.25, 0.3) is 21.2 Å². The van der Waals surface area contributed by atoms with Crippen LogP contribution in [-0.4, -0.2) is 63.2 Å². The monoisotopic (exact) mass is 531 g/mol. The molecule has 0 aliphatic carbocycles. The van der Waals surface area contributed by atoms with Gasteiger partial charge in [-0.2, -0.15) is 0 Å². The second-order valence-electron chi connectivity index (χ2n) is 10.3. The molecule has 1 heterocycles. The van der Waals surface area contributed by atoms with Gasteiger partial charge in [-0.25, -0.2) is 0 Å². The van der Waals surface area contributed by atoms with Gasteiger partial charge in [0.2, 0.25) is 0 Å². The first kappa shape index (κ1) is 27.9. The van der Waals surface area contributed by atoms with Crippen LogP contribution in [0.1, 0.15) is 36.7 Å². The van der Waals surface area contributed by atoms with E-state index in [4.69, 9.17) is 19.7 Å². The molecular weight excluding hydrogens is 498 g/mol. The molecule has 4 rings (SSSR count). The number of ketones is 1. The molecule has 0 bridgehead atoms. The van der Waals surface area contributed by atoms with Crippen LogP contribution < -0.4 is 14.8 Å². The van der Waals surface area contributed by atoms with Crippen LogP contribution in [0.15, 0.2) is 53.6 Å². The SMILES string of the molecule is COc1c(N=[N+]=[N-])cc(C(C)(C)C)cc1NC(=O)C(=O)c1ccc(OCCN2CCOCC2)c2ccccc12. The van der Waals surface area contributed by atoms with Gasteiger partial charge in [0, 0.05) is 35.5 Å². The summed E-state index contributed by atoms with van der Waals surface area (Å²) < 4.78 is 16.9. The minimum atomic E-state index is -0.836. The quantitative estimate of drug-likeness (QED) is 0.126. The molecule has 39 heavy (non-hydrogen) atoms. The van der Waals surface area contributed by atoms with Crippen LogP contribution in [-0.2, 0) is 14.9 Å². The van der Waals surface area contributed by atoms with Gasteiger partial charge in [0.05, 0.1) is 31.7 Å². The average Bonchev–Trinajstić information content (AvgIpc) is 2.93. The number of morpholine rings is 1. The lowest BCUT2D eigenvalue weighted by Crippen LogP contribution is -2.38. The normalized spacial score (nSPS) is 13.9. The van der Waals surface area contributed by atoms with Crippen molar-refractivity contribution in [2.75, 3.05) is 51.9 Å². The Balaban J connectivity index is 1.59. The largest absolute Gasteiger partial charge is 0.494 e. The Kier molecular flexibility index (Phi) is 8.71. The fraction of sp³-hybridized carbons (Fsp3) is 0.379. The first-order chi connectivity index (χ1) is 18.7. The Labute approximate surface area is 227 Å². The number of nitrogens with one attached hydrogen (secondary N) is 1. The molecule has 1 amide bonds. The Morgan fingerprint density at radius 2 is 1.82 bits per heavy atom. The molecule has 204 valence electrons. The molecule has 3 aromatic rings. The molecule has 1 aliphatic rings. The van der Waals surface area contributed by atoms with Crippen molar-refractivity contribution in [2.24, 2.45) is 5.11 Å². The fourth-order valence-corrected chi connectivity index (χ4v) is 4.48. The summed E-state index contributed by atoms with van der Waals surface area (Å²) >= 11 is 0. The number of rotatable bonds is 9. The van der Waals surface area contributed by atoms with Gasteiger partial charge in [-0.05, 0) is 46.2 Å². The Bertz CT molecular complexity index is 1420. The van der Waals surface area contributed by atoms with Crippen molar-refractivity contribution in [3.05, 3.63) is 70.1 Å². The molecule has 1 aliphatic heterocycles. The van der Waals surface area contributed by atoms with Crippen LogP contribution in [0.5, 0.6) is 11.5 Å². The number of amides is 1. The minimum absolute atomic E-state index is 0.177. The van der Waals surface area contributed by atoms with E-state index in [9.17, 15) is 9.59 Å². The van der Waals surface area contributed by atoms with Crippen molar-refractivity contribution in [1.82, 2.24) is 4.90 Å². The standard InChI is InChI=1S/C29H33N5O5/c1-29(2,3)19-17-23(27(37-4)24(18-19)32-33-30)31-28(36)26(35)22-9-10-25(21-8-6-5-7-20(21)22)39-16-13-34-11-14-38-15-12-34/h5-10,17-18H,11-16H2,1-4H3,(H,31,36). The molecule has 0 saturated carbocycles. The topological polar surface area (TPSA) is 126 Å². The van der Waals surface area contributed by atoms with E-state index in [2.05, 4.69) is 20.2 Å². The highest BCUT2D eigenvalue weighted by atomic mass is 16.5. The third-order valence-electron chi connectivity index (χ3n) is 6.64. The summed E-state index contributed by atoms with van der Waals surface area (Å²) in [5.41, 5.74) is 10.2. The number of fused-ring (bicyclic) bond motifs is 1. The van der Waals surface area contributed by atoms with E-state index in [1.54, 1.807) is 30.3 Å². The Morgan fingerprint density at radius 1 is 1.10 bits per heavy atom. The molecule has 0 spiro atoms. The van der Waals surface area contributed by atoms with Gasteiger partial charge in [-0.1, -0.05) is 50.2 Å². The van der Waals surface area contributed by atoms with E-state index in [0.29, 0.717) is 17.7 Å². The van der Waals surface area contributed by atoms with Crippen LogP contribution in [0, 0.1) is 0 Å². The number of anilines is 1. The fourth-order valence-electron chi connectivity index (χ4n) is 4.48. The van der Waals surface area contributed by atoms with E-state index < -0.39 is 11.7 Å². The molecule has 0 radical (unpaired) electrons. The summed E-state index contributed by atoms with van der Waals surface area (Å²) in [5, 5.41) is 7.76. The van der Waals surface area contributed by atoms with Crippen molar-refractivity contribution in [3.8, 4) is 11.5 Å². The summed E-state index contributed by atoms with van der Waals surface area (Å²) in [5.74, 6) is -0.720. The highest BCUT2D eigenvalue weighted by molar-refractivity contribution is 6.48. The molecule has 10 nitrogen and oxygen atoms in total. The zero-order chi connectivity index (χ0) is 28.0. The summed E-state index contributed by atoms with van der Waals surface area (Å²) in [6.07, 6.45) is 0. The number of ether oxygens (including phenoxy) is 3. The molecule has 1 N–H and O–H groups in total. The Hall–Kier alpha value is -4.11. The van der Waals surface area contributed by atoms with Crippen LogP contribution >= 0.6 is 0 Å². The van der Waals surface area contributed by atoms with Gasteiger partial charge in [-0.15, -0.1) is 0 Å². The van der Waals surface area contributed by atoms with Gasteiger partial charge >= 0.3 is 0 Å². The average molecular weight is 532 g/mol. The van der Waals surface area contributed by atoms with E-state index in [1.165, 1.54) is 7.11 Å². The predicted octanol–water partition coefficient (Wildman–Crippen LogP) is 5.62. The summed E-state index contributed by atoms with van der Waals surface area (Å²) in [6.45, 7) is 10.4. The molecule has 0 unspecified atom stereocenters. The highest BCUT2D eigenvalue weighted by Crippen LogP contribution is 2.40. The van der Waals surface area contributed by atoms with E-state index in [0.717, 1.165) is 43.8 Å². The first-order valence-electron chi connectivity index (χ1n) is 12.8. The number of azide groups is 1. The molecule has 1 saturated heterocycles. The molecular formula is C29H33N5O5. The van der Waals surface area contributed by atoms with E-state index in [1.807, 2.05) is 39.0 Å². The van der Waals surface area contributed by atoms with Crippen molar-refractivity contribution in [1.29, 1.82) is 0 Å². The van der Waals surface area contributed by atoms with Gasteiger partial charge in [-0.3, -0.25) is 14.5 Å². The highest BCUT2D eigenvalue weighted by Gasteiger charge is 2.24. The smallest absolute Gasteiger partial charge is 0.296 e. The minimum Gasteiger partial charge on any atom is -0.494 e. The third-order valence-corrected chi connectivity index (χ3v) is 6.64. The van der Waals surface area contributed by atoms with Crippen LogP contribution in [0.2, 0.25) is 0 Å². The lowest BCUT2D eigenvalue weighted by atomic mass is 9.86. The number of benzene rings is 3. The molecule has 0 aromatic heterocycles. The van der Waals surface area contributed by atoms with Gasteiger partial charge < -0.3 is 19.5 Å². The Morgan fingerprint density at radius 3 is 2.49 bits per heavy atom. The maximum Gasteiger partial charge on any atom is 0.296 e. The van der Waals surface area contributed by atoms with Gasteiger partial charge in [0.15, 0.2) is 5.75 Å². The third kappa shape index (κ3) is 6.49. The first-order valence-corrected chi connectivity index (χ1v) is 12.8. The van der Waals surface area contributed by atoms with Crippen LogP contribution in [0.4, 0.5) is 11.4 Å². The van der Waals surface area contributed by atoms with E-state index >= 15 is 0 Å². The number of methoxy groups -OCH3 is 1. The number of hydrogen-bond donors (Lipinski definition) is 1. The van der Waals surface area contributed by atoms with E-state index in [-0.39, 0.29) is 28.1 Å². The predicted molar refractivity (Wildman–Crippen MR) is 150 cm³/mol. The lowest BCUT2D eigenvalue weighted by molar-refractivity contribution is -0.112. The zero-order valence-corrected chi connectivity index (χ0v) is 22.7. The van der Waals surface area contributed by atoms with Crippen LogP contribution in [0.3, 0.4) is 0 Å². The maximum absolute atomic E-state index is 13.4. The summed E-state index contributed by atoms with van der Waals surface area (Å²) in [4.78, 5) is 31.8.